The maximum atomic E-state index is 6.22. The number of nitrogens with zero attached hydrogens (tertiary/aromatic N) is 3. The fraction of sp³-hybridized carbons (Fsp3) is 0.536. The Bertz CT molecular complexity index is 1010. The van der Waals surface area contributed by atoms with Gasteiger partial charge in [0.1, 0.15) is 5.84 Å². The summed E-state index contributed by atoms with van der Waals surface area (Å²) in [4.78, 5) is 9.65. The first-order chi connectivity index (χ1) is 16.3. The van der Waals surface area contributed by atoms with E-state index in [1.165, 1.54) is 36.1 Å². The zero-order valence-electron chi connectivity index (χ0n) is 21.3. The van der Waals surface area contributed by atoms with E-state index < -0.39 is 0 Å². The van der Waals surface area contributed by atoms with Gasteiger partial charge in [-0.3, -0.25) is 4.99 Å². The van der Waals surface area contributed by atoms with Crippen LogP contribution in [0.4, 0.5) is 11.4 Å². The Morgan fingerprint density at radius 2 is 1.53 bits per heavy atom. The van der Waals surface area contributed by atoms with E-state index in [9.17, 15) is 0 Å². The van der Waals surface area contributed by atoms with Gasteiger partial charge in [0.05, 0.1) is 23.5 Å². The largest absolute Gasteiger partial charge is 0.371 e. The third-order valence-electron chi connectivity index (χ3n) is 7.09. The SMILES string of the molecule is CN(C)CCc1cc2c(cc1CCN(C)C)NC1(CCCCC1)C(=NCc1cccc(Cl)c1)N2. The van der Waals surface area contributed by atoms with Crippen molar-refractivity contribution in [2.75, 3.05) is 51.9 Å². The van der Waals surface area contributed by atoms with Gasteiger partial charge in [-0.05, 0) is 94.8 Å². The number of likely N-dealkylation sites (N-methyl/N-ethyl adjacent to an activating group) is 2. The second-order valence-electron chi connectivity index (χ2n) is 10.5. The number of fused-ring (bicyclic) bond motifs is 1. The smallest absolute Gasteiger partial charge is 0.127 e. The summed E-state index contributed by atoms with van der Waals surface area (Å²) in [7, 11) is 8.59. The molecule has 1 saturated carbocycles. The highest BCUT2D eigenvalue weighted by molar-refractivity contribution is 6.30. The predicted octanol–water partition coefficient (Wildman–Crippen LogP) is 5.69. The Hall–Kier alpha value is -2.08. The fourth-order valence-electron chi connectivity index (χ4n) is 5.13. The van der Waals surface area contributed by atoms with Crippen LogP contribution < -0.4 is 10.6 Å². The minimum atomic E-state index is -0.103. The molecule has 5 nitrogen and oxygen atoms in total. The second-order valence-corrected chi connectivity index (χ2v) is 10.9. The lowest BCUT2D eigenvalue weighted by molar-refractivity contribution is 0.401. The van der Waals surface area contributed by atoms with E-state index in [-0.39, 0.29) is 5.54 Å². The normalized spacial score (nSPS) is 18.3. The van der Waals surface area contributed by atoms with Crippen molar-refractivity contribution in [1.29, 1.82) is 0 Å². The molecule has 0 saturated heterocycles. The van der Waals surface area contributed by atoms with Gasteiger partial charge < -0.3 is 20.4 Å². The molecule has 34 heavy (non-hydrogen) atoms. The van der Waals surface area contributed by atoms with Gasteiger partial charge in [-0.1, -0.05) is 43.0 Å². The molecule has 0 radical (unpaired) electrons. The Morgan fingerprint density at radius 3 is 2.15 bits per heavy atom. The fourth-order valence-corrected chi connectivity index (χ4v) is 5.34. The zero-order chi connectivity index (χ0) is 24.1. The number of hydrogen-bond donors (Lipinski definition) is 2. The average Bonchev–Trinajstić information content (AvgIpc) is 2.80. The van der Waals surface area contributed by atoms with Crippen LogP contribution in [0, 0.1) is 0 Å². The van der Waals surface area contributed by atoms with E-state index >= 15 is 0 Å². The third kappa shape index (κ3) is 6.12. The molecule has 2 aromatic carbocycles. The Kier molecular flexibility index (Phi) is 8.18. The molecule has 184 valence electrons. The van der Waals surface area contributed by atoms with Crippen LogP contribution in [0.1, 0.15) is 48.8 Å². The first-order valence-corrected chi connectivity index (χ1v) is 13.0. The molecule has 1 aliphatic heterocycles. The monoisotopic (exact) mass is 481 g/mol. The van der Waals surface area contributed by atoms with E-state index in [2.05, 4.69) is 66.8 Å². The van der Waals surface area contributed by atoms with E-state index in [1.54, 1.807) is 0 Å². The molecule has 2 aliphatic rings. The second kappa shape index (κ2) is 11.1. The van der Waals surface area contributed by atoms with Crippen LogP contribution in [0.5, 0.6) is 0 Å². The summed E-state index contributed by atoms with van der Waals surface area (Å²) in [5.74, 6) is 1.08. The molecule has 4 rings (SSSR count). The van der Waals surface area contributed by atoms with Crippen LogP contribution in [0.15, 0.2) is 41.4 Å². The minimum absolute atomic E-state index is 0.103. The standard InChI is InChI=1S/C28H40ClN5/c1-33(2)15-11-22-18-25-26(19-23(22)12-16-34(3)4)32-28(13-6-5-7-14-28)27(31-25)30-20-21-9-8-10-24(29)17-21/h8-10,17-19,32H,5-7,11-16,20H2,1-4H3,(H,30,31). The van der Waals surface area contributed by atoms with Gasteiger partial charge in [0.2, 0.25) is 0 Å². The van der Waals surface area contributed by atoms with Gasteiger partial charge in [-0.15, -0.1) is 0 Å². The molecule has 0 amide bonds. The first-order valence-electron chi connectivity index (χ1n) is 12.6. The molecule has 0 bridgehead atoms. The number of anilines is 2. The molecule has 6 heteroatoms. The number of benzene rings is 2. The van der Waals surface area contributed by atoms with E-state index in [0.717, 1.165) is 60.9 Å². The maximum Gasteiger partial charge on any atom is 0.127 e. The summed E-state index contributed by atoms with van der Waals surface area (Å²) in [5, 5.41) is 8.54. The van der Waals surface area contributed by atoms with Gasteiger partial charge in [0.15, 0.2) is 0 Å². The zero-order valence-corrected chi connectivity index (χ0v) is 22.0. The van der Waals surface area contributed by atoms with Gasteiger partial charge >= 0.3 is 0 Å². The average molecular weight is 482 g/mol. The minimum Gasteiger partial charge on any atom is -0.371 e. The molecule has 2 N–H and O–H groups in total. The number of aliphatic imine (C=N–C) groups is 1. The lowest BCUT2D eigenvalue weighted by Crippen LogP contribution is -2.53. The maximum absolute atomic E-state index is 6.22. The van der Waals surface area contributed by atoms with Gasteiger partial charge in [-0.2, -0.15) is 0 Å². The number of halogens is 1. The summed E-state index contributed by atoms with van der Waals surface area (Å²) in [6.07, 6.45) is 8.10. The molecule has 0 atom stereocenters. The molecule has 1 aliphatic carbocycles. The molecule has 1 spiro atoms. The molecular weight excluding hydrogens is 442 g/mol. The van der Waals surface area contributed by atoms with E-state index in [4.69, 9.17) is 16.6 Å². The van der Waals surface area contributed by atoms with Crippen molar-refractivity contribution in [2.24, 2.45) is 4.99 Å². The van der Waals surface area contributed by atoms with Crippen molar-refractivity contribution < 1.29 is 0 Å². The van der Waals surface area contributed by atoms with Crippen LogP contribution in [0.2, 0.25) is 5.02 Å². The van der Waals surface area contributed by atoms with Crippen molar-refractivity contribution in [1.82, 2.24) is 9.80 Å². The van der Waals surface area contributed by atoms with Gasteiger partial charge in [-0.25, -0.2) is 0 Å². The molecular formula is C28H40ClN5. The number of rotatable bonds is 8. The van der Waals surface area contributed by atoms with Gasteiger partial charge in [0, 0.05) is 18.1 Å². The van der Waals surface area contributed by atoms with Gasteiger partial charge in [0.25, 0.3) is 0 Å². The molecule has 2 aromatic rings. The van der Waals surface area contributed by atoms with Crippen LogP contribution >= 0.6 is 11.6 Å². The topological polar surface area (TPSA) is 42.9 Å². The number of hydrogen-bond acceptors (Lipinski definition) is 4. The van der Waals surface area contributed by atoms with Crippen LogP contribution in [-0.4, -0.2) is 62.5 Å². The molecule has 1 heterocycles. The highest BCUT2D eigenvalue weighted by atomic mass is 35.5. The van der Waals surface area contributed by atoms with Crippen LogP contribution in [0.3, 0.4) is 0 Å². The Labute approximate surface area is 210 Å². The quantitative estimate of drug-likeness (QED) is 0.508. The lowest BCUT2D eigenvalue weighted by atomic mass is 9.78. The summed E-state index contributed by atoms with van der Waals surface area (Å²) in [6, 6.07) is 12.8. The summed E-state index contributed by atoms with van der Waals surface area (Å²) >= 11 is 6.22. The highest BCUT2D eigenvalue weighted by Gasteiger charge is 2.41. The van der Waals surface area contributed by atoms with Crippen molar-refractivity contribution in [2.45, 2.75) is 57.0 Å². The summed E-state index contributed by atoms with van der Waals surface area (Å²) in [5.41, 5.74) is 6.30. The molecule has 0 unspecified atom stereocenters. The lowest BCUT2D eigenvalue weighted by Gasteiger charge is -2.44. The number of nitrogens with one attached hydrogen (secondary N) is 2. The number of amidine groups is 1. The summed E-state index contributed by atoms with van der Waals surface area (Å²) in [6.45, 7) is 2.73. The molecule has 0 aromatic heterocycles. The van der Waals surface area contributed by atoms with Crippen molar-refractivity contribution in [3.05, 3.63) is 58.1 Å². The van der Waals surface area contributed by atoms with Crippen LogP contribution in [-0.2, 0) is 19.4 Å². The molecule has 1 fully saturated rings. The Balaban J connectivity index is 1.67. The predicted molar refractivity (Wildman–Crippen MR) is 147 cm³/mol. The summed E-state index contributed by atoms with van der Waals surface area (Å²) < 4.78 is 0. The van der Waals surface area contributed by atoms with Crippen molar-refractivity contribution in [3.8, 4) is 0 Å². The van der Waals surface area contributed by atoms with E-state index in [0.29, 0.717) is 6.54 Å². The van der Waals surface area contributed by atoms with Crippen molar-refractivity contribution >= 4 is 28.8 Å². The van der Waals surface area contributed by atoms with Crippen molar-refractivity contribution in [3.63, 3.8) is 0 Å². The van der Waals surface area contributed by atoms with Crippen LogP contribution in [0.25, 0.3) is 0 Å². The Morgan fingerprint density at radius 1 is 0.882 bits per heavy atom. The van der Waals surface area contributed by atoms with E-state index in [1.807, 2.05) is 18.2 Å². The third-order valence-corrected chi connectivity index (χ3v) is 7.33. The first kappa shape index (κ1) is 25.0. The highest BCUT2D eigenvalue weighted by Crippen LogP contribution is 2.41.